The van der Waals surface area contributed by atoms with Crippen molar-refractivity contribution in [1.82, 2.24) is 10.2 Å². The lowest BCUT2D eigenvalue weighted by atomic mass is 9.46. The number of hydrogen-bond donors (Lipinski definition) is 3. The number of piperidine rings is 1. The van der Waals surface area contributed by atoms with Crippen molar-refractivity contribution in [3.8, 4) is 6.07 Å². The summed E-state index contributed by atoms with van der Waals surface area (Å²) in [7, 11) is 0. The van der Waals surface area contributed by atoms with E-state index in [0.29, 0.717) is 24.2 Å². The van der Waals surface area contributed by atoms with Crippen LogP contribution in [0.15, 0.2) is 0 Å². The summed E-state index contributed by atoms with van der Waals surface area (Å²) < 4.78 is 0. The van der Waals surface area contributed by atoms with Crippen LogP contribution >= 0.6 is 0 Å². The smallest absolute Gasteiger partial charge is 0.247 e. The number of likely N-dealkylation sites (tertiary alicyclic amines) is 1. The topological polar surface area (TPSA) is 119 Å². The lowest BCUT2D eigenvalue weighted by molar-refractivity contribution is -0.182. The van der Waals surface area contributed by atoms with Crippen LogP contribution in [0.5, 0.6) is 0 Å². The second kappa shape index (κ2) is 5.93. The Morgan fingerprint density at radius 3 is 2.46 bits per heavy atom. The van der Waals surface area contributed by atoms with Gasteiger partial charge in [0, 0.05) is 11.5 Å². The van der Waals surface area contributed by atoms with Crippen LogP contribution in [0.25, 0.3) is 0 Å². The molecule has 7 unspecified atom stereocenters. The molecular weight excluding hydrogens is 356 g/mol. The van der Waals surface area contributed by atoms with Gasteiger partial charge in [0.25, 0.3) is 0 Å². The average Bonchev–Trinajstić information content (AvgIpc) is 3.26. The fourth-order valence-electron chi connectivity index (χ4n) is 7.41. The predicted molar refractivity (Wildman–Crippen MR) is 100 cm³/mol. The van der Waals surface area contributed by atoms with E-state index in [1.807, 2.05) is 0 Å². The van der Waals surface area contributed by atoms with E-state index < -0.39 is 29.1 Å². The Morgan fingerprint density at radius 1 is 1.21 bits per heavy atom. The molecule has 5 aliphatic carbocycles. The van der Waals surface area contributed by atoms with Gasteiger partial charge < -0.3 is 21.1 Å². The summed E-state index contributed by atoms with van der Waals surface area (Å²) in [6.45, 7) is 1.62. The fourth-order valence-corrected chi connectivity index (χ4v) is 7.41. The fraction of sp³-hybridized carbons (Fsp3) is 0.857. The summed E-state index contributed by atoms with van der Waals surface area (Å²) in [6, 6.07) is 0.630. The zero-order chi connectivity index (χ0) is 19.8. The molecule has 6 rings (SSSR count). The molecule has 0 aromatic rings. The van der Waals surface area contributed by atoms with Crippen LogP contribution in [0.4, 0.5) is 0 Å². The summed E-state index contributed by atoms with van der Waals surface area (Å²) in [5.41, 5.74) is 4.66. The molecule has 0 aromatic carbocycles. The zero-order valence-corrected chi connectivity index (χ0v) is 16.4. The highest BCUT2D eigenvalue weighted by Gasteiger charge is 2.63. The highest BCUT2D eigenvalue weighted by Crippen LogP contribution is 2.63. The molecule has 1 saturated heterocycles. The highest BCUT2D eigenvalue weighted by atomic mass is 16.3. The first-order valence-corrected chi connectivity index (χ1v) is 10.7. The number of rotatable bonds is 4. The third kappa shape index (κ3) is 2.68. The van der Waals surface area contributed by atoms with Crippen molar-refractivity contribution >= 4 is 11.8 Å². The minimum atomic E-state index is -0.719. The van der Waals surface area contributed by atoms with E-state index >= 15 is 0 Å². The van der Waals surface area contributed by atoms with Crippen molar-refractivity contribution in [3.05, 3.63) is 0 Å². The summed E-state index contributed by atoms with van der Waals surface area (Å²) in [5.74, 6) is 0.789. The number of nitriles is 1. The number of carbonyl (C=O) groups is 2. The number of amides is 2. The van der Waals surface area contributed by atoms with Gasteiger partial charge in [-0.2, -0.15) is 5.26 Å². The van der Waals surface area contributed by atoms with Crippen molar-refractivity contribution in [3.63, 3.8) is 0 Å². The van der Waals surface area contributed by atoms with Crippen molar-refractivity contribution in [2.45, 2.75) is 88.1 Å². The van der Waals surface area contributed by atoms with Crippen molar-refractivity contribution < 1.29 is 14.7 Å². The van der Waals surface area contributed by atoms with Crippen LogP contribution in [0.3, 0.4) is 0 Å². The van der Waals surface area contributed by atoms with Gasteiger partial charge in [-0.15, -0.1) is 0 Å². The highest BCUT2D eigenvalue weighted by molar-refractivity contribution is 5.91. The van der Waals surface area contributed by atoms with Crippen LogP contribution in [0, 0.1) is 34.5 Å². The average molecular weight is 386 g/mol. The molecular formula is C21H30N4O3. The number of nitrogens with two attached hydrogens (primary N) is 1. The molecule has 0 spiro atoms. The number of fused-ring (bicyclic) bond motifs is 1. The first-order chi connectivity index (χ1) is 13.2. The number of hydrogen-bond acceptors (Lipinski definition) is 5. The van der Waals surface area contributed by atoms with Gasteiger partial charge in [0.05, 0.1) is 17.7 Å². The number of aliphatic hydroxyl groups is 1. The molecule has 6 fully saturated rings. The van der Waals surface area contributed by atoms with Crippen LogP contribution in [0.1, 0.15) is 58.3 Å². The van der Waals surface area contributed by atoms with Gasteiger partial charge in [0.2, 0.25) is 11.8 Å². The maximum atomic E-state index is 13.8. The molecule has 0 radical (unpaired) electrons. The minimum absolute atomic E-state index is 0.129. The molecule has 4 N–H and O–H groups in total. The van der Waals surface area contributed by atoms with E-state index in [4.69, 9.17) is 5.73 Å². The maximum Gasteiger partial charge on any atom is 0.247 e. The zero-order valence-electron chi connectivity index (χ0n) is 16.4. The molecule has 2 amide bonds. The van der Waals surface area contributed by atoms with Gasteiger partial charge in [0.15, 0.2) is 0 Å². The first-order valence-electron chi connectivity index (χ1n) is 10.7. The van der Waals surface area contributed by atoms with Gasteiger partial charge in [-0.05, 0) is 76.0 Å². The first kappa shape index (κ1) is 18.4. The third-order valence-electron chi connectivity index (χ3n) is 8.14. The second-order valence-electron chi connectivity index (χ2n) is 10.5. The Morgan fingerprint density at radius 2 is 1.89 bits per heavy atom. The lowest BCUT2D eigenvalue weighted by Gasteiger charge is -2.62. The lowest BCUT2D eigenvalue weighted by Crippen LogP contribution is -2.67. The summed E-state index contributed by atoms with van der Waals surface area (Å²) in [6.07, 6.45) is 6.71. The largest absolute Gasteiger partial charge is 0.390 e. The number of carbonyl (C=O) groups excluding carboxylic acids is 2. The van der Waals surface area contributed by atoms with Gasteiger partial charge in [-0.3, -0.25) is 9.59 Å². The van der Waals surface area contributed by atoms with Gasteiger partial charge in [-0.1, -0.05) is 0 Å². The Balaban J connectivity index is 1.49. The molecule has 7 heteroatoms. The maximum absolute atomic E-state index is 13.8. The quantitative estimate of drug-likeness (QED) is 0.656. The van der Waals surface area contributed by atoms with Gasteiger partial charge in [0.1, 0.15) is 12.1 Å². The Bertz CT molecular complexity index is 745. The molecule has 7 atom stereocenters. The molecule has 7 nitrogen and oxygen atoms in total. The number of nitrogens with one attached hydrogen (secondary N) is 1. The Labute approximate surface area is 165 Å². The number of nitrogens with zero attached hydrogens (tertiary/aromatic N) is 2. The van der Waals surface area contributed by atoms with E-state index in [2.05, 4.69) is 11.4 Å². The normalized spacial score (nSPS) is 47.2. The second-order valence-corrected chi connectivity index (χ2v) is 10.5. The molecule has 5 saturated carbocycles. The van der Waals surface area contributed by atoms with Crippen molar-refractivity contribution in [2.24, 2.45) is 28.9 Å². The summed E-state index contributed by atoms with van der Waals surface area (Å²) in [4.78, 5) is 28.1. The van der Waals surface area contributed by atoms with Gasteiger partial charge in [-0.25, -0.2) is 0 Å². The molecule has 1 aliphatic heterocycles. The third-order valence-corrected chi connectivity index (χ3v) is 8.14. The van der Waals surface area contributed by atoms with E-state index in [9.17, 15) is 20.0 Å². The van der Waals surface area contributed by atoms with Gasteiger partial charge >= 0.3 is 0 Å². The van der Waals surface area contributed by atoms with Crippen LogP contribution in [0.2, 0.25) is 0 Å². The van der Waals surface area contributed by atoms with E-state index in [1.165, 1.54) is 0 Å². The minimum Gasteiger partial charge on any atom is -0.390 e. The molecule has 1 heterocycles. The summed E-state index contributed by atoms with van der Waals surface area (Å²) in [5, 5.41) is 23.7. The van der Waals surface area contributed by atoms with E-state index in [-0.39, 0.29) is 17.9 Å². The monoisotopic (exact) mass is 386 g/mol. The van der Waals surface area contributed by atoms with Crippen molar-refractivity contribution in [1.29, 1.82) is 5.26 Å². The van der Waals surface area contributed by atoms with E-state index in [1.54, 1.807) is 11.8 Å². The Kier molecular flexibility index (Phi) is 3.89. The van der Waals surface area contributed by atoms with Crippen LogP contribution < -0.4 is 11.1 Å². The summed E-state index contributed by atoms with van der Waals surface area (Å²) >= 11 is 0. The van der Waals surface area contributed by atoms with E-state index in [0.717, 1.165) is 44.9 Å². The molecule has 28 heavy (non-hydrogen) atoms. The predicted octanol–water partition coefficient (Wildman–Crippen LogP) is 0.663. The molecule has 6 aliphatic rings. The molecule has 0 aromatic heterocycles. The van der Waals surface area contributed by atoms with Crippen LogP contribution in [-0.4, -0.2) is 51.6 Å². The van der Waals surface area contributed by atoms with Crippen molar-refractivity contribution in [2.75, 3.05) is 0 Å². The Hall–Kier alpha value is -1.65. The SMILES string of the molecule is CC(N)C(=O)NC(C(=O)N1C(C#N)CC2CC21)C12CC3CC(CC(O)(C3)C1)C2. The van der Waals surface area contributed by atoms with Crippen LogP contribution in [-0.2, 0) is 9.59 Å². The standard InChI is InChI=1S/C21H30N4O3/c1-11(23)18(26)24-17(19(27)25-15(9-22)3-14-4-16(14)25)20-5-12-2-13(6-20)8-21(28,7-12)10-20/h11-17,28H,2-8,10,23H2,1H3,(H,24,26). The molecule has 4 bridgehead atoms. The molecule has 152 valence electrons.